The summed E-state index contributed by atoms with van der Waals surface area (Å²) in [6.07, 6.45) is 0. The molecular weight excluding hydrogens is 290 g/mol. The second-order valence-electron chi connectivity index (χ2n) is 5.26. The van der Waals surface area contributed by atoms with E-state index in [2.05, 4.69) is 0 Å². The Bertz CT molecular complexity index is 654. The maximum atomic E-state index is 13.8. The highest BCUT2D eigenvalue weighted by atomic mass is 19.1. The van der Waals surface area contributed by atoms with Gasteiger partial charge in [-0.2, -0.15) is 0 Å². The summed E-state index contributed by atoms with van der Waals surface area (Å²) >= 11 is 0. The molecule has 2 aromatic carbocycles. The fraction of sp³-hybridized carbons (Fsp3) is 0.235. The first-order valence-corrected chi connectivity index (χ1v) is 6.81. The average molecular weight is 306 g/mol. The monoisotopic (exact) mass is 306 g/mol. The van der Waals surface area contributed by atoms with E-state index < -0.39 is 23.5 Å². The SMILES string of the molecule is CC(C(=O)C(C)c1ccc(O)cc1F)c1ccc(O)cc1F. The van der Waals surface area contributed by atoms with Crippen LogP contribution in [0.3, 0.4) is 0 Å². The Hall–Kier alpha value is -2.43. The molecule has 0 radical (unpaired) electrons. The predicted molar refractivity (Wildman–Crippen MR) is 78.0 cm³/mol. The second-order valence-corrected chi connectivity index (χ2v) is 5.26. The number of carbonyl (C=O) groups is 1. The number of ketones is 1. The van der Waals surface area contributed by atoms with Gasteiger partial charge in [0.25, 0.3) is 0 Å². The average Bonchev–Trinajstić information content (AvgIpc) is 2.45. The Labute approximate surface area is 126 Å². The summed E-state index contributed by atoms with van der Waals surface area (Å²) in [7, 11) is 0. The topological polar surface area (TPSA) is 57.5 Å². The smallest absolute Gasteiger partial charge is 0.147 e. The molecule has 0 aliphatic rings. The molecule has 0 amide bonds. The van der Waals surface area contributed by atoms with Crippen molar-refractivity contribution < 1.29 is 23.8 Å². The molecule has 0 heterocycles. The van der Waals surface area contributed by atoms with Crippen molar-refractivity contribution in [2.45, 2.75) is 25.7 Å². The maximum absolute atomic E-state index is 13.8. The van der Waals surface area contributed by atoms with Crippen molar-refractivity contribution in [3.05, 3.63) is 59.2 Å². The molecule has 2 unspecified atom stereocenters. The van der Waals surface area contributed by atoms with Gasteiger partial charge in [-0.3, -0.25) is 4.79 Å². The molecule has 0 spiro atoms. The largest absolute Gasteiger partial charge is 0.508 e. The summed E-state index contributed by atoms with van der Waals surface area (Å²) in [5, 5.41) is 18.4. The molecule has 0 aliphatic carbocycles. The van der Waals surface area contributed by atoms with Crippen molar-refractivity contribution in [1.82, 2.24) is 0 Å². The van der Waals surface area contributed by atoms with Crippen molar-refractivity contribution in [3.8, 4) is 11.5 Å². The lowest BCUT2D eigenvalue weighted by molar-refractivity contribution is -0.121. The van der Waals surface area contributed by atoms with Gasteiger partial charge in [-0.25, -0.2) is 8.78 Å². The van der Waals surface area contributed by atoms with Crippen LogP contribution in [-0.2, 0) is 4.79 Å². The minimum absolute atomic E-state index is 0.147. The van der Waals surface area contributed by atoms with Crippen molar-refractivity contribution in [2.75, 3.05) is 0 Å². The molecule has 0 saturated heterocycles. The minimum Gasteiger partial charge on any atom is -0.508 e. The van der Waals surface area contributed by atoms with Gasteiger partial charge in [0.15, 0.2) is 0 Å². The lowest BCUT2D eigenvalue weighted by Gasteiger charge is -2.18. The number of phenolic OH excluding ortho intramolecular Hbond substituents is 2. The Kier molecular flexibility index (Phi) is 4.45. The molecule has 22 heavy (non-hydrogen) atoms. The van der Waals surface area contributed by atoms with Crippen LogP contribution in [0.5, 0.6) is 11.5 Å². The van der Waals surface area contributed by atoms with Crippen LogP contribution >= 0.6 is 0 Å². The molecule has 5 heteroatoms. The van der Waals surface area contributed by atoms with Crippen molar-refractivity contribution >= 4 is 5.78 Å². The highest BCUT2D eigenvalue weighted by molar-refractivity contribution is 5.91. The molecular formula is C17H16F2O3. The summed E-state index contributed by atoms with van der Waals surface area (Å²) in [6.45, 7) is 3.07. The Morgan fingerprint density at radius 3 is 1.55 bits per heavy atom. The fourth-order valence-electron chi connectivity index (χ4n) is 2.42. The van der Waals surface area contributed by atoms with Crippen molar-refractivity contribution in [3.63, 3.8) is 0 Å². The number of Topliss-reactive ketones (excluding diaryl/α,β-unsaturated/α-hetero) is 1. The molecule has 0 aliphatic heterocycles. The standard InChI is InChI=1S/C17H16F2O3/c1-9(13-5-3-11(20)7-15(13)18)17(22)10(2)14-6-4-12(21)8-16(14)19/h3-10,20-21H,1-2H3. The quantitative estimate of drug-likeness (QED) is 0.902. The number of rotatable bonds is 4. The molecule has 2 N–H and O–H groups in total. The van der Waals surface area contributed by atoms with Crippen LogP contribution in [0.2, 0.25) is 0 Å². The molecule has 2 aromatic rings. The summed E-state index contributed by atoms with van der Waals surface area (Å²) in [4.78, 5) is 12.5. The lowest BCUT2D eigenvalue weighted by atomic mass is 9.85. The van der Waals surface area contributed by atoms with Gasteiger partial charge in [-0.15, -0.1) is 0 Å². The van der Waals surface area contributed by atoms with Gasteiger partial charge in [0.1, 0.15) is 28.9 Å². The number of hydrogen-bond acceptors (Lipinski definition) is 3. The normalized spacial score (nSPS) is 13.6. The van der Waals surface area contributed by atoms with Crippen molar-refractivity contribution in [2.24, 2.45) is 0 Å². The predicted octanol–water partition coefficient (Wildman–Crippen LogP) is 3.85. The van der Waals surface area contributed by atoms with Gasteiger partial charge in [0.05, 0.1) is 0 Å². The third kappa shape index (κ3) is 3.08. The molecule has 2 rings (SSSR count). The van der Waals surface area contributed by atoms with E-state index in [1.54, 1.807) is 0 Å². The van der Waals surface area contributed by atoms with E-state index >= 15 is 0 Å². The Morgan fingerprint density at radius 1 is 0.864 bits per heavy atom. The molecule has 0 fully saturated rings. The number of halogens is 2. The Balaban J connectivity index is 2.29. The summed E-state index contributed by atoms with van der Waals surface area (Å²) in [5.74, 6) is -3.74. The van der Waals surface area contributed by atoms with E-state index in [0.717, 1.165) is 12.1 Å². The summed E-state index contributed by atoms with van der Waals surface area (Å²) in [5.41, 5.74) is 0.294. The maximum Gasteiger partial charge on any atom is 0.147 e. The minimum atomic E-state index is -0.788. The highest BCUT2D eigenvalue weighted by Gasteiger charge is 2.26. The van der Waals surface area contributed by atoms with E-state index in [1.807, 2.05) is 0 Å². The number of hydrogen-bond donors (Lipinski definition) is 2. The zero-order valence-corrected chi connectivity index (χ0v) is 12.2. The molecule has 2 atom stereocenters. The van der Waals surface area contributed by atoms with E-state index in [0.29, 0.717) is 0 Å². The molecule has 0 bridgehead atoms. The van der Waals surface area contributed by atoms with Crippen LogP contribution in [0.4, 0.5) is 8.78 Å². The van der Waals surface area contributed by atoms with Crippen molar-refractivity contribution in [1.29, 1.82) is 0 Å². The zero-order chi connectivity index (χ0) is 16.4. The third-order valence-electron chi connectivity index (χ3n) is 3.75. The van der Waals surface area contributed by atoms with Gasteiger partial charge in [-0.1, -0.05) is 26.0 Å². The number of benzene rings is 2. The van der Waals surface area contributed by atoms with Crippen LogP contribution in [-0.4, -0.2) is 16.0 Å². The first kappa shape index (κ1) is 15.9. The number of carbonyl (C=O) groups excluding carboxylic acids is 1. The lowest BCUT2D eigenvalue weighted by Crippen LogP contribution is -2.18. The van der Waals surface area contributed by atoms with Gasteiger partial charge in [0.2, 0.25) is 0 Å². The molecule has 116 valence electrons. The van der Waals surface area contributed by atoms with Gasteiger partial charge < -0.3 is 10.2 Å². The second kappa shape index (κ2) is 6.13. The van der Waals surface area contributed by atoms with Gasteiger partial charge in [0, 0.05) is 24.0 Å². The van der Waals surface area contributed by atoms with Crippen LogP contribution < -0.4 is 0 Å². The van der Waals surface area contributed by atoms with Gasteiger partial charge in [-0.05, 0) is 23.3 Å². The fourth-order valence-corrected chi connectivity index (χ4v) is 2.42. The van der Waals surface area contributed by atoms with E-state index in [9.17, 15) is 23.8 Å². The van der Waals surface area contributed by atoms with Crippen LogP contribution in [0.15, 0.2) is 36.4 Å². The molecule has 3 nitrogen and oxygen atoms in total. The van der Waals surface area contributed by atoms with E-state index in [1.165, 1.54) is 38.1 Å². The summed E-state index contributed by atoms with van der Waals surface area (Å²) < 4.78 is 27.7. The molecule has 0 aromatic heterocycles. The summed E-state index contributed by atoms with van der Waals surface area (Å²) in [6, 6.07) is 7.15. The van der Waals surface area contributed by atoms with E-state index in [4.69, 9.17) is 0 Å². The highest BCUT2D eigenvalue weighted by Crippen LogP contribution is 2.31. The van der Waals surface area contributed by atoms with Crippen LogP contribution in [0.25, 0.3) is 0 Å². The molecule has 0 saturated carbocycles. The number of aromatic hydroxyl groups is 2. The first-order valence-electron chi connectivity index (χ1n) is 6.81. The van der Waals surface area contributed by atoms with Gasteiger partial charge >= 0.3 is 0 Å². The van der Waals surface area contributed by atoms with Crippen LogP contribution in [0.1, 0.15) is 36.8 Å². The van der Waals surface area contributed by atoms with E-state index in [-0.39, 0.29) is 28.4 Å². The third-order valence-corrected chi connectivity index (χ3v) is 3.75. The first-order chi connectivity index (χ1) is 10.3. The zero-order valence-electron chi connectivity index (χ0n) is 12.2. The Morgan fingerprint density at radius 2 is 1.23 bits per heavy atom. The van der Waals surface area contributed by atoms with Crippen LogP contribution in [0, 0.1) is 11.6 Å². The number of phenols is 2.